The standard InChI is InChI=1S/C29H56O11/c1-4-6-8-10-12-14-16-36-19-21-26(37-17-15-13-11-9-7-5-2)22(31)25(34)29(39-21)40-27-20(18-30)38-28(35-3)24(33)23(27)32/h20-34H,4-19H2,1-3H3/t20-,21-,22-,23-,24-,25-,26+,27-,28-,29+/m1/s1. The second-order valence-electron chi connectivity index (χ2n) is 11.0. The van der Waals surface area contributed by atoms with Crippen LogP contribution in [0.5, 0.6) is 0 Å². The molecule has 0 aromatic heterocycles. The lowest BCUT2D eigenvalue weighted by Crippen LogP contribution is -2.65. The summed E-state index contributed by atoms with van der Waals surface area (Å²) in [4.78, 5) is 0. The predicted molar refractivity (Wildman–Crippen MR) is 148 cm³/mol. The highest BCUT2D eigenvalue weighted by molar-refractivity contribution is 4.94. The third-order valence-corrected chi connectivity index (χ3v) is 7.72. The van der Waals surface area contributed by atoms with E-state index in [4.69, 9.17) is 28.4 Å². The Labute approximate surface area is 240 Å². The van der Waals surface area contributed by atoms with Crippen LogP contribution in [0.4, 0.5) is 0 Å². The summed E-state index contributed by atoms with van der Waals surface area (Å²) in [5.41, 5.74) is 0. The molecule has 2 rings (SSSR count). The van der Waals surface area contributed by atoms with Crippen LogP contribution in [0.15, 0.2) is 0 Å². The van der Waals surface area contributed by atoms with Gasteiger partial charge in [-0.1, -0.05) is 78.1 Å². The van der Waals surface area contributed by atoms with Crippen molar-refractivity contribution in [2.24, 2.45) is 0 Å². The monoisotopic (exact) mass is 580 g/mol. The van der Waals surface area contributed by atoms with Crippen LogP contribution < -0.4 is 0 Å². The molecule has 0 aliphatic carbocycles. The fraction of sp³-hybridized carbons (Fsp3) is 1.00. The maximum Gasteiger partial charge on any atom is 0.187 e. The van der Waals surface area contributed by atoms with Gasteiger partial charge in [-0.15, -0.1) is 0 Å². The Balaban J connectivity index is 1.99. The highest BCUT2D eigenvalue weighted by Gasteiger charge is 2.51. The molecule has 2 saturated heterocycles. The van der Waals surface area contributed by atoms with Crippen molar-refractivity contribution >= 4 is 0 Å². The van der Waals surface area contributed by atoms with Crippen LogP contribution in [0.3, 0.4) is 0 Å². The van der Waals surface area contributed by atoms with Gasteiger partial charge in [-0.3, -0.25) is 0 Å². The third-order valence-electron chi connectivity index (χ3n) is 7.72. The summed E-state index contributed by atoms with van der Waals surface area (Å²) in [7, 11) is 1.31. The lowest BCUT2D eigenvalue weighted by molar-refractivity contribution is -0.360. The molecule has 0 saturated carbocycles. The lowest BCUT2D eigenvalue weighted by atomic mass is 9.96. The summed E-state index contributed by atoms with van der Waals surface area (Å²) in [6, 6.07) is 0. The Kier molecular flexibility index (Phi) is 18.3. The normalized spacial score (nSPS) is 34.8. The first-order valence-electron chi connectivity index (χ1n) is 15.4. The minimum absolute atomic E-state index is 0.126. The van der Waals surface area contributed by atoms with E-state index in [0.717, 1.165) is 38.5 Å². The molecule has 2 aliphatic rings. The SMILES string of the molecule is CCCCCCCCOC[C@H]1O[C@@H](O[C@H]2[C@H](O)[C@@H](O)[C@H](OC)O[C@@H]2CO)[C@H](O)[C@@H](O)[C@H]1OCCCCCCCC. The van der Waals surface area contributed by atoms with Gasteiger partial charge in [0.2, 0.25) is 0 Å². The molecule has 2 fully saturated rings. The number of hydrogen-bond donors (Lipinski definition) is 5. The average molecular weight is 581 g/mol. The molecule has 40 heavy (non-hydrogen) atoms. The molecule has 2 heterocycles. The van der Waals surface area contributed by atoms with Gasteiger partial charge in [0.25, 0.3) is 0 Å². The van der Waals surface area contributed by atoms with Crippen molar-refractivity contribution in [3.63, 3.8) is 0 Å². The number of methoxy groups -OCH3 is 1. The summed E-state index contributed by atoms with van der Waals surface area (Å²) in [5.74, 6) is 0. The zero-order valence-corrected chi connectivity index (χ0v) is 24.8. The first-order valence-corrected chi connectivity index (χ1v) is 15.4. The van der Waals surface area contributed by atoms with E-state index in [1.165, 1.54) is 45.6 Å². The molecule has 11 heteroatoms. The van der Waals surface area contributed by atoms with Crippen LogP contribution >= 0.6 is 0 Å². The van der Waals surface area contributed by atoms with E-state index in [0.29, 0.717) is 13.2 Å². The van der Waals surface area contributed by atoms with Gasteiger partial charge in [0.05, 0.1) is 13.2 Å². The topological polar surface area (TPSA) is 157 Å². The van der Waals surface area contributed by atoms with Gasteiger partial charge in [-0.05, 0) is 12.8 Å². The van der Waals surface area contributed by atoms with E-state index in [2.05, 4.69) is 13.8 Å². The number of aliphatic hydroxyl groups is 5. The molecule has 0 radical (unpaired) electrons. The highest BCUT2D eigenvalue weighted by atomic mass is 16.7. The van der Waals surface area contributed by atoms with Gasteiger partial charge in [-0.25, -0.2) is 0 Å². The van der Waals surface area contributed by atoms with Gasteiger partial charge in [0.1, 0.15) is 48.8 Å². The van der Waals surface area contributed by atoms with E-state index in [-0.39, 0.29) is 6.61 Å². The van der Waals surface area contributed by atoms with Crippen molar-refractivity contribution in [2.45, 2.75) is 152 Å². The van der Waals surface area contributed by atoms with Crippen molar-refractivity contribution in [1.82, 2.24) is 0 Å². The van der Waals surface area contributed by atoms with Gasteiger partial charge in [0.15, 0.2) is 12.6 Å². The van der Waals surface area contributed by atoms with Crippen LogP contribution in [0.2, 0.25) is 0 Å². The molecule has 0 bridgehead atoms. The van der Waals surface area contributed by atoms with Gasteiger partial charge in [-0.2, -0.15) is 0 Å². The number of hydrogen-bond acceptors (Lipinski definition) is 11. The summed E-state index contributed by atoms with van der Waals surface area (Å²) in [6.07, 6.45) is 1.13. The molecule has 0 amide bonds. The molecular weight excluding hydrogens is 524 g/mol. The van der Waals surface area contributed by atoms with Crippen molar-refractivity contribution in [3.05, 3.63) is 0 Å². The molecule has 11 nitrogen and oxygen atoms in total. The van der Waals surface area contributed by atoms with Crippen LogP contribution in [0.1, 0.15) is 90.9 Å². The molecule has 5 N–H and O–H groups in total. The number of aliphatic hydroxyl groups excluding tert-OH is 5. The molecule has 2 aliphatic heterocycles. The van der Waals surface area contributed by atoms with E-state index in [9.17, 15) is 25.5 Å². The minimum atomic E-state index is -1.51. The Hall–Kier alpha value is -0.440. The number of unbranched alkanes of at least 4 members (excludes halogenated alkanes) is 10. The van der Waals surface area contributed by atoms with Gasteiger partial charge in [0, 0.05) is 20.3 Å². The quantitative estimate of drug-likeness (QED) is 0.127. The minimum Gasteiger partial charge on any atom is -0.394 e. The molecule has 0 aromatic rings. The zero-order valence-electron chi connectivity index (χ0n) is 24.8. The fourth-order valence-electron chi connectivity index (χ4n) is 5.21. The Bertz CT molecular complexity index is 625. The number of rotatable bonds is 21. The summed E-state index contributed by atoms with van der Waals surface area (Å²) in [6.45, 7) is 4.90. The molecule has 0 spiro atoms. The first-order chi connectivity index (χ1) is 19.4. The smallest absolute Gasteiger partial charge is 0.187 e. The fourth-order valence-corrected chi connectivity index (χ4v) is 5.21. The predicted octanol–water partition coefficient (Wildman–Crippen LogP) is 2.03. The molecule has 10 atom stereocenters. The lowest BCUT2D eigenvalue weighted by Gasteiger charge is -2.46. The Morgan fingerprint density at radius 3 is 1.73 bits per heavy atom. The van der Waals surface area contributed by atoms with Crippen LogP contribution in [-0.4, -0.2) is 120 Å². The second kappa shape index (κ2) is 20.5. The van der Waals surface area contributed by atoms with Gasteiger partial charge >= 0.3 is 0 Å². The number of ether oxygens (including phenoxy) is 6. The highest BCUT2D eigenvalue weighted by Crippen LogP contribution is 2.30. The third kappa shape index (κ3) is 11.3. The molecule has 0 unspecified atom stereocenters. The van der Waals surface area contributed by atoms with Crippen LogP contribution in [0.25, 0.3) is 0 Å². The van der Waals surface area contributed by atoms with E-state index >= 15 is 0 Å². The maximum atomic E-state index is 11.0. The first kappa shape index (κ1) is 35.8. The van der Waals surface area contributed by atoms with Crippen LogP contribution in [0, 0.1) is 0 Å². The van der Waals surface area contributed by atoms with E-state index in [1.54, 1.807) is 0 Å². The van der Waals surface area contributed by atoms with Crippen molar-refractivity contribution in [3.8, 4) is 0 Å². The van der Waals surface area contributed by atoms with Gasteiger partial charge < -0.3 is 54.0 Å². The molecule has 0 aromatic carbocycles. The Morgan fingerprint density at radius 1 is 0.600 bits per heavy atom. The maximum absolute atomic E-state index is 11.0. The summed E-state index contributed by atoms with van der Waals surface area (Å²) >= 11 is 0. The zero-order chi connectivity index (χ0) is 29.3. The Morgan fingerprint density at radius 2 is 1.12 bits per heavy atom. The van der Waals surface area contributed by atoms with E-state index < -0.39 is 68.0 Å². The van der Waals surface area contributed by atoms with Crippen LogP contribution in [-0.2, 0) is 28.4 Å². The average Bonchev–Trinajstić information content (AvgIpc) is 2.96. The summed E-state index contributed by atoms with van der Waals surface area (Å²) in [5, 5.41) is 52.7. The molecule has 238 valence electrons. The van der Waals surface area contributed by atoms with Crippen molar-refractivity contribution in [2.75, 3.05) is 33.5 Å². The largest absolute Gasteiger partial charge is 0.394 e. The van der Waals surface area contributed by atoms with Crippen molar-refractivity contribution in [1.29, 1.82) is 0 Å². The second-order valence-corrected chi connectivity index (χ2v) is 11.0. The van der Waals surface area contributed by atoms with Crippen molar-refractivity contribution < 1.29 is 54.0 Å². The van der Waals surface area contributed by atoms with E-state index in [1.807, 2.05) is 0 Å². The molecular formula is C29H56O11. The summed E-state index contributed by atoms with van der Waals surface area (Å²) < 4.78 is 34.3.